The molecule has 0 saturated heterocycles. The first-order chi connectivity index (χ1) is 8.84. The standard InChI is InChI=1S/C12H19ClN2O3S/c1-9(8-18-3)15(2)19(16,17)12-6-10(7-14)4-5-11(12)13/h4-6,9H,7-8,14H2,1-3H3. The maximum absolute atomic E-state index is 12.5. The topological polar surface area (TPSA) is 72.6 Å². The third-order valence-corrected chi connectivity index (χ3v) is 5.37. The number of benzene rings is 1. The summed E-state index contributed by atoms with van der Waals surface area (Å²) < 4.78 is 31.2. The number of sulfonamides is 1. The SMILES string of the molecule is COCC(C)N(C)S(=O)(=O)c1cc(CN)ccc1Cl. The lowest BCUT2D eigenvalue weighted by molar-refractivity contribution is 0.149. The van der Waals surface area contributed by atoms with Crippen LogP contribution < -0.4 is 5.73 Å². The maximum atomic E-state index is 12.5. The van der Waals surface area contributed by atoms with Gasteiger partial charge in [-0.05, 0) is 24.6 Å². The van der Waals surface area contributed by atoms with Gasteiger partial charge in [-0.25, -0.2) is 8.42 Å². The Bertz CT molecular complexity index is 534. The Kier molecular flexibility index (Phi) is 5.76. The van der Waals surface area contributed by atoms with Crippen LogP contribution in [0.2, 0.25) is 5.02 Å². The number of ether oxygens (including phenoxy) is 1. The second-order valence-electron chi connectivity index (χ2n) is 4.29. The monoisotopic (exact) mass is 306 g/mol. The fourth-order valence-electron chi connectivity index (χ4n) is 1.61. The largest absolute Gasteiger partial charge is 0.383 e. The highest BCUT2D eigenvalue weighted by Gasteiger charge is 2.27. The molecule has 0 aliphatic carbocycles. The van der Waals surface area contributed by atoms with E-state index in [9.17, 15) is 8.42 Å². The number of likely N-dealkylation sites (N-methyl/N-ethyl adjacent to an activating group) is 1. The van der Waals surface area contributed by atoms with E-state index >= 15 is 0 Å². The van der Waals surface area contributed by atoms with Crippen molar-refractivity contribution in [1.82, 2.24) is 4.31 Å². The van der Waals surface area contributed by atoms with Crippen molar-refractivity contribution in [2.75, 3.05) is 20.8 Å². The Labute approximate surface area is 119 Å². The van der Waals surface area contributed by atoms with Crippen molar-refractivity contribution in [1.29, 1.82) is 0 Å². The van der Waals surface area contributed by atoms with Crippen molar-refractivity contribution in [3.8, 4) is 0 Å². The number of halogens is 1. The third-order valence-electron chi connectivity index (χ3n) is 2.92. The zero-order valence-electron chi connectivity index (χ0n) is 11.3. The minimum absolute atomic E-state index is 0.0718. The zero-order valence-corrected chi connectivity index (χ0v) is 12.8. The molecule has 7 heteroatoms. The van der Waals surface area contributed by atoms with Crippen LogP contribution in [0.5, 0.6) is 0 Å². The van der Waals surface area contributed by atoms with E-state index in [0.717, 1.165) is 5.56 Å². The molecule has 0 saturated carbocycles. The first kappa shape index (κ1) is 16.4. The van der Waals surface area contributed by atoms with Gasteiger partial charge in [-0.1, -0.05) is 17.7 Å². The van der Waals surface area contributed by atoms with Crippen molar-refractivity contribution in [2.24, 2.45) is 5.73 Å². The highest BCUT2D eigenvalue weighted by molar-refractivity contribution is 7.89. The van der Waals surface area contributed by atoms with E-state index in [1.807, 2.05) is 0 Å². The summed E-state index contributed by atoms with van der Waals surface area (Å²) in [6.07, 6.45) is 0. The van der Waals surface area contributed by atoms with Crippen LogP contribution in [0.3, 0.4) is 0 Å². The van der Waals surface area contributed by atoms with E-state index in [4.69, 9.17) is 22.1 Å². The lowest BCUT2D eigenvalue weighted by Crippen LogP contribution is -2.37. The summed E-state index contributed by atoms with van der Waals surface area (Å²) in [6, 6.07) is 4.48. The van der Waals surface area contributed by atoms with Crippen molar-refractivity contribution < 1.29 is 13.2 Å². The van der Waals surface area contributed by atoms with Crippen LogP contribution in [0.4, 0.5) is 0 Å². The molecule has 1 unspecified atom stereocenters. The number of nitrogens with zero attached hydrogens (tertiary/aromatic N) is 1. The molecule has 1 aromatic carbocycles. The molecular formula is C12H19ClN2O3S. The van der Waals surface area contributed by atoms with Crippen LogP contribution in [-0.4, -0.2) is 39.5 Å². The predicted octanol–water partition coefficient (Wildman–Crippen LogP) is 1.45. The Hall–Kier alpha value is -0.660. The van der Waals surface area contributed by atoms with Crippen LogP contribution in [0.25, 0.3) is 0 Å². The number of hydrogen-bond donors (Lipinski definition) is 1. The van der Waals surface area contributed by atoms with Crippen molar-refractivity contribution in [2.45, 2.75) is 24.4 Å². The van der Waals surface area contributed by atoms with Gasteiger partial charge >= 0.3 is 0 Å². The minimum atomic E-state index is -3.66. The molecule has 0 spiro atoms. The van der Waals surface area contributed by atoms with Crippen LogP contribution in [0, 0.1) is 0 Å². The van der Waals surface area contributed by atoms with Crippen molar-refractivity contribution in [3.63, 3.8) is 0 Å². The Morgan fingerprint density at radius 2 is 2.11 bits per heavy atom. The van der Waals surface area contributed by atoms with E-state index < -0.39 is 10.0 Å². The highest BCUT2D eigenvalue weighted by atomic mass is 35.5. The molecule has 0 aliphatic heterocycles. The predicted molar refractivity (Wildman–Crippen MR) is 75.6 cm³/mol. The molecule has 0 heterocycles. The molecule has 1 rings (SSSR count). The molecule has 108 valence electrons. The summed E-state index contributed by atoms with van der Waals surface area (Å²) in [5.41, 5.74) is 6.24. The number of rotatable bonds is 6. The molecule has 0 aliphatic rings. The molecule has 19 heavy (non-hydrogen) atoms. The number of nitrogens with two attached hydrogens (primary N) is 1. The molecule has 2 N–H and O–H groups in total. The Morgan fingerprint density at radius 1 is 1.47 bits per heavy atom. The number of methoxy groups -OCH3 is 1. The lowest BCUT2D eigenvalue weighted by Gasteiger charge is -2.24. The fraction of sp³-hybridized carbons (Fsp3) is 0.500. The molecule has 0 aromatic heterocycles. The van der Waals surface area contributed by atoms with Gasteiger partial charge in [0.25, 0.3) is 0 Å². The second kappa shape index (κ2) is 6.67. The molecule has 0 bridgehead atoms. The van der Waals surface area contributed by atoms with Gasteiger partial charge < -0.3 is 10.5 Å². The maximum Gasteiger partial charge on any atom is 0.244 e. The summed E-state index contributed by atoms with van der Waals surface area (Å²) in [6.45, 7) is 2.34. The summed E-state index contributed by atoms with van der Waals surface area (Å²) in [4.78, 5) is 0.0718. The zero-order chi connectivity index (χ0) is 14.6. The normalized spacial score (nSPS) is 13.8. The van der Waals surface area contributed by atoms with Crippen molar-refractivity contribution >= 4 is 21.6 Å². The van der Waals surface area contributed by atoms with E-state index in [-0.39, 0.29) is 22.5 Å². The molecule has 0 radical (unpaired) electrons. The van der Waals surface area contributed by atoms with Gasteiger partial charge in [0.05, 0.1) is 11.6 Å². The van der Waals surface area contributed by atoms with Crippen LogP contribution in [-0.2, 0) is 21.3 Å². The summed E-state index contributed by atoms with van der Waals surface area (Å²) in [5, 5.41) is 0.189. The van der Waals surface area contributed by atoms with E-state index in [1.54, 1.807) is 19.1 Å². The highest BCUT2D eigenvalue weighted by Crippen LogP contribution is 2.26. The van der Waals surface area contributed by atoms with Crippen LogP contribution in [0.1, 0.15) is 12.5 Å². The minimum Gasteiger partial charge on any atom is -0.383 e. The van der Waals surface area contributed by atoms with Gasteiger partial charge in [0.1, 0.15) is 4.90 Å². The smallest absolute Gasteiger partial charge is 0.244 e. The molecule has 1 aromatic rings. The molecule has 1 atom stereocenters. The first-order valence-electron chi connectivity index (χ1n) is 5.80. The van der Waals surface area contributed by atoms with Gasteiger partial charge in [-0.15, -0.1) is 0 Å². The molecule has 0 amide bonds. The Morgan fingerprint density at radius 3 is 2.63 bits per heavy atom. The average Bonchev–Trinajstić information content (AvgIpc) is 2.38. The van der Waals surface area contributed by atoms with Gasteiger partial charge in [0.2, 0.25) is 10.0 Å². The molecule has 0 fully saturated rings. The molecule has 5 nitrogen and oxygen atoms in total. The summed E-state index contributed by atoms with van der Waals surface area (Å²) >= 11 is 5.99. The third kappa shape index (κ3) is 3.67. The quantitative estimate of drug-likeness (QED) is 0.863. The van der Waals surface area contributed by atoms with Gasteiger partial charge in [0, 0.05) is 26.7 Å². The van der Waals surface area contributed by atoms with Gasteiger partial charge in [0.15, 0.2) is 0 Å². The summed E-state index contributed by atoms with van der Waals surface area (Å²) in [5.74, 6) is 0. The second-order valence-corrected chi connectivity index (χ2v) is 6.67. The van der Waals surface area contributed by atoms with Crippen LogP contribution in [0.15, 0.2) is 23.1 Å². The number of hydrogen-bond acceptors (Lipinski definition) is 4. The van der Waals surface area contributed by atoms with E-state index in [1.165, 1.54) is 24.5 Å². The van der Waals surface area contributed by atoms with Gasteiger partial charge in [-0.2, -0.15) is 4.31 Å². The van der Waals surface area contributed by atoms with E-state index in [0.29, 0.717) is 6.61 Å². The Balaban J connectivity index is 3.19. The fourth-order valence-corrected chi connectivity index (χ4v) is 3.48. The van der Waals surface area contributed by atoms with E-state index in [2.05, 4.69) is 0 Å². The first-order valence-corrected chi connectivity index (χ1v) is 7.61. The van der Waals surface area contributed by atoms with Crippen molar-refractivity contribution in [3.05, 3.63) is 28.8 Å². The van der Waals surface area contributed by atoms with Gasteiger partial charge in [-0.3, -0.25) is 0 Å². The van der Waals surface area contributed by atoms with Crippen LogP contribution >= 0.6 is 11.6 Å². The lowest BCUT2D eigenvalue weighted by atomic mass is 10.2. The summed E-state index contributed by atoms with van der Waals surface area (Å²) in [7, 11) is -0.627. The average molecular weight is 307 g/mol. The molecular weight excluding hydrogens is 288 g/mol.